The number of hydrogen-bond acceptors (Lipinski definition) is 2. The van der Waals surface area contributed by atoms with Gasteiger partial charge in [-0.25, -0.2) is 0 Å². The Morgan fingerprint density at radius 2 is 1.54 bits per heavy atom. The molecule has 0 fully saturated rings. The second-order valence-electron chi connectivity index (χ2n) is 10.5. The van der Waals surface area contributed by atoms with E-state index in [0.29, 0.717) is 0 Å². The van der Waals surface area contributed by atoms with E-state index >= 15 is 0 Å². The largest absolute Gasteiger partial charge is 0.454 e. The zero-order valence-corrected chi connectivity index (χ0v) is 23.2. The van der Waals surface area contributed by atoms with Crippen LogP contribution in [0.1, 0.15) is 28.7 Å². The topological polar surface area (TPSA) is 16.4 Å². The number of para-hydroxylation sites is 2. The van der Waals surface area contributed by atoms with Gasteiger partial charge < -0.3 is 9.32 Å². The number of nitrogens with zero attached hydrogens (tertiary/aromatic N) is 1. The van der Waals surface area contributed by atoms with Crippen LogP contribution in [0.3, 0.4) is 0 Å². The first-order chi connectivity index (χ1) is 20.2. The molecule has 0 radical (unpaired) electrons. The first-order valence-electron chi connectivity index (χ1n) is 14.2. The van der Waals surface area contributed by atoms with Crippen molar-refractivity contribution < 1.29 is 4.42 Å². The molecule has 198 valence electrons. The van der Waals surface area contributed by atoms with E-state index in [-0.39, 0.29) is 0 Å². The lowest BCUT2D eigenvalue weighted by Crippen LogP contribution is -2.14. The van der Waals surface area contributed by atoms with E-state index < -0.39 is 0 Å². The van der Waals surface area contributed by atoms with E-state index in [1.54, 1.807) is 0 Å². The van der Waals surface area contributed by atoms with Gasteiger partial charge in [0.1, 0.15) is 5.58 Å². The molecule has 0 spiro atoms. The van der Waals surface area contributed by atoms with Gasteiger partial charge in [0.25, 0.3) is 0 Å². The molecule has 41 heavy (non-hydrogen) atoms. The normalized spacial score (nSPS) is 12.7. The number of benzene rings is 5. The Balaban J connectivity index is 1.50. The molecule has 6 aromatic rings. The van der Waals surface area contributed by atoms with Crippen molar-refractivity contribution in [3.8, 4) is 11.1 Å². The molecule has 1 heterocycles. The summed E-state index contributed by atoms with van der Waals surface area (Å²) >= 11 is 0. The van der Waals surface area contributed by atoms with Crippen LogP contribution in [0.15, 0.2) is 132 Å². The van der Waals surface area contributed by atoms with E-state index in [0.717, 1.165) is 51.8 Å². The van der Waals surface area contributed by atoms with Crippen molar-refractivity contribution in [1.29, 1.82) is 0 Å². The number of anilines is 3. The molecular weight excluding hydrogens is 498 g/mol. The van der Waals surface area contributed by atoms with Crippen molar-refractivity contribution in [3.05, 3.63) is 150 Å². The summed E-state index contributed by atoms with van der Waals surface area (Å²) < 4.78 is 6.57. The number of fused-ring (bicyclic) bond motifs is 4. The SMILES string of the molecule is C=C/C=C\c1c(C)c(N(c2ccc(-c3ccccc3)cc2)c2cccc3c2oc2ccccc23)cc2c1CCC=C2. The van der Waals surface area contributed by atoms with Gasteiger partial charge in [0.05, 0.1) is 11.4 Å². The molecule has 0 saturated carbocycles. The number of allylic oxidation sites excluding steroid dienone is 3. The molecule has 0 amide bonds. The summed E-state index contributed by atoms with van der Waals surface area (Å²) in [6, 6.07) is 36.5. The van der Waals surface area contributed by atoms with Crippen LogP contribution in [0.25, 0.3) is 45.2 Å². The van der Waals surface area contributed by atoms with Crippen molar-refractivity contribution in [3.63, 3.8) is 0 Å². The van der Waals surface area contributed by atoms with Crippen LogP contribution in [0, 0.1) is 6.92 Å². The minimum atomic E-state index is 0.886. The Morgan fingerprint density at radius 3 is 2.37 bits per heavy atom. The fourth-order valence-corrected chi connectivity index (χ4v) is 6.10. The van der Waals surface area contributed by atoms with Gasteiger partial charge in [-0.05, 0) is 83.5 Å². The molecule has 1 aromatic heterocycles. The van der Waals surface area contributed by atoms with E-state index in [1.807, 2.05) is 24.3 Å². The first-order valence-corrected chi connectivity index (χ1v) is 14.2. The molecule has 2 nitrogen and oxygen atoms in total. The highest BCUT2D eigenvalue weighted by molar-refractivity contribution is 6.10. The highest BCUT2D eigenvalue weighted by Crippen LogP contribution is 2.45. The van der Waals surface area contributed by atoms with Crippen LogP contribution in [-0.4, -0.2) is 0 Å². The van der Waals surface area contributed by atoms with Crippen molar-refractivity contribution in [2.45, 2.75) is 19.8 Å². The second kappa shape index (κ2) is 10.5. The van der Waals surface area contributed by atoms with Gasteiger partial charge in [-0.1, -0.05) is 110 Å². The lowest BCUT2D eigenvalue weighted by Gasteiger charge is -2.30. The average molecular weight is 530 g/mol. The molecule has 5 aromatic carbocycles. The van der Waals surface area contributed by atoms with Crippen molar-refractivity contribution >= 4 is 51.2 Å². The van der Waals surface area contributed by atoms with Gasteiger partial charge in [-0.15, -0.1) is 0 Å². The van der Waals surface area contributed by atoms with Crippen LogP contribution >= 0.6 is 0 Å². The van der Waals surface area contributed by atoms with E-state index in [1.165, 1.54) is 33.4 Å². The summed E-state index contributed by atoms with van der Waals surface area (Å²) in [5, 5.41) is 2.25. The maximum Gasteiger partial charge on any atom is 0.159 e. The van der Waals surface area contributed by atoms with Gasteiger partial charge in [-0.3, -0.25) is 0 Å². The zero-order valence-electron chi connectivity index (χ0n) is 23.2. The highest BCUT2D eigenvalue weighted by Gasteiger charge is 2.24. The van der Waals surface area contributed by atoms with Crippen LogP contribution in [-0.2, 0) is 6.42 Å². The van der Waals surface area contributed by atoms with Gasteiger partial charge in [0.2, 0.25) is 0 Å². The maximum absolute atomic E-state index is 6.57. The Morgan fingerprint density at radius 1 is 0.780 bits per heavy atom. The Bertz CT molecular complexity index is 1960. The number of hydrogen-bond donors (Lipinski definition) is 0. The number of rotatable bonds is 6. The van der Waals surface area contributed by atoms with E-state index in [9.17, 15) is 0 Å². The minimum Gasteiger partial charge on any atom is -0.454 e. The molecule has 0 bridgehead atoms. The Labute approximate surface area is 241 Å². The fourth-order valence-electron chi connectivity index (χ4n) is 6.10. The molecule has 0 saturated heterocycles. The summed E-state index contributed by atoms with van der Waals surface area (Å²) in [6.07, 6.45) is 12.8. The van der Waals surface area contributed by atoms with Gasteiger partial charge in [0, 0.05) is 16.5 Å². The molecule has 1 aliphatic rings. The Hall–Kier alpha value is -5.08. The predicted octanol–water partition coefficient (Wildman–Crippen LogP) is 11.2. The smallest absolute Gasteiger partial charge is 0.159 e. The molecule has 0 N–H and O–H groups in total. The maximum atomic E-state index is 6.57. The molecule has 1 aliphatic carbocycles. The van der Waals surface area contributed by atoms with Crippen molar-refractivity contribution in [2.75, 3.05) is 4.90 Å². The van der Waals surface area contributed by atoms with Crippen molar-refractivity contribution in [2.24, 2.45) is 0 Å². The molecule has 7 rings (SSSR count). The summed E-state index contributed by atoms with van der Waals surface area (Å²) in [5.41, 5.74) is 12.6. The molecule has 0 atom stereocenters. The summed E-state index contributed by atoms with van der Waals surface area (Å²) in [4.78, 5) is 2.36. The monoisotopic (exact) mass is 529 g/mol. The quantitative estimate of drug-likeness (QED) is 0.200. The predicted molar refractivity (Wildman–Crippen MR) is 175 cm³/mol. The standard InChI is InChI=1S/C39H31NO/c1-3-4-16-32-27(2)37(26-30-15-8-9-17-33(30)32)40(31-24-22-29(23-25-31)28-13-6-5-7-14-28)36-20-12-19-35-34-18-10-11-21-38(34)41-39(35)36/h3-8,10-16,18-26H,1,9,17H2,2H3/b16-4-. The van der Waals surface area contributed by atoms with E-state index in [2.05, 4.69) is 128 Å². The van der Waals surface area contributed by atoms with Gasteiger partial charge in [0.15, 0.2) is 5.58 Å². The third-order valence-electron chi connectivity index (χ3n) is 8.11. The van der Waals surface area contributed by atoms with Crippen LogP contribution in [0.2, 0.25) is 0 Å². The number of furan rings is 1. The van der Waals surface area contributed by atoms with Gasteiger partial charge >= 0.3 is 0 Å². The fraction of sp³-hybridized carbons (Fsp3) is 0.0769. The summed E-state index contributed by atoms with van der Waals surface area (Å²) in [7, 11) is 0. The Kier molecular flexibility index (Phi) is 6.37. The second-order valence-corrected chi connectivity index (χ2v) is 10.5. The van der Waals surface area contributed by atoms with E-state index in [4.69, 9.17) is 4.42 Å². The molecule has 0 unspecified atom stereocenters. The van der Waals surface area contributed by atoms with Crippen LogP contribution in [0.4, 0.5) is 17.1 Å². The third-order valence-corrected chi connectivity index (χ3v) is 8.11. The minimum absolute atomic E-state index is 0.886. The lowest BCUT2D eigenvalue weighted by atomic mass is 9.88. The first kappa shape index (κ1) is 24.9. The highest BCUT2D eigenvalue weighted by atomic mass is 16.3. The summed E-state index contributed by atoms with van der Waals surface area (Å²) in [6.45, 7) is 6.17. The molecule has 2 heteroatoms. The van der Waals surface area contributed by atoms with Gasteiger partial charge in [-0.2, -0.15) is 0 Å². The third kappa shape index (κ3) is 4.38. The zero-order chi connectivity index (χ0) is 27.8. The average Bonchev–Trinajstić information content (AvgIpc) is 3.41. The summed E-state index contributed by atoms with van der Waals surface area (Å²) in [5.74, 6) is 0. The lowest BCUT2D eigenvalue weighted by molar-refractivity contribution is 0.669. The molecule has 0 aliphatic heterocycles. The van der Waals surface area contributed by atoms with Crippen LogP contribution < -0.4 is 4.90 Å². The van der Waals surface area contributed by atoms with Crippen molar-refractivity contribution in [1.82, 2.24) is 0 Å². The van der Waals surface area contributed by atoms with Crippen LogP contribution in [0.5, 0.6) is 0 Å². The molecular formula is C39H31NO.